The monoisotopic (exact) mass is 380 g/mol. The highest BCUT2D eigenvalue weighted by Gasteiger charge is 2.16. The van der Waals surface area contributed by atoms with Gasteiger partial charge in [0.05, 0.1) is 10.0 Å². The van der Waals surface area contributed by atoms with Crippen LogP contribution in [0.3, 0.4) is 0 Å². The lowest BCUT2D eigenvalue weighted by Gasteiger charge is -2.20. The molecule has 0 aliphatic carbocycles. The van der Waals surface area contributed by atoms with E-state index in [0.29, 0.717) is 41.5 Å². The fourth-order valence-corrected chi connectivity index (χ4v) is 2.98. The predicted octanol–water partition coefficient (Wildman–Crippen LogP) is 3.21. The molecule has 0 unspecified atom stereocenters. The number of halogens is 1. The third-order valence-corrected chi connectivity index (χ3v) is 4.10. The lowest BCUT2D eigenvalue weighted by molar-refractivity contribution is 0.0950. The largest absolute Gasteiger partial charge is 0.486 e. The minimum absolute atomic E-state index is 0.215. The Bertz CT molecular complexity index is 776. The van der Waals surface area contributed by atoms with Gasteiger partial charge in [0.2, 0.25) is 0 Å². The molecule has 2 N–H and O–H groups in total. The van der Waals surface area contributed by atoms with Crippen LogP contribution >= 0.6 is 28.1 Å². The first-order valence-corrected chi connectivity index (χ1v) is 7.89. The Labute approximate surface area is 140 Å². The van der Waals surface area contributed by atoms with Gasteiger partial charge >= 0.3 is 0 Å². The summed E-state index contributed by atoms with van der Waals surface area (Å²) in [5, 5.41) is 2.85. The molecule has 0 saturated heterocycles. The van der Waals surface area contributed by atoms with Crippen molar-refractivity contribution < 1.29 is 14.3 Å². The minimum Gasteiger partial charge on any atom is -0.486 e. The van der Waals surface area contributed by atoms with Gasteiger partial charge < -0.3 is 19.8 Å². The molecule has 1 aromatic carbocycles. The summed E-state index contributed by atoms with van der Waals surface area (Å²) in [5.41, 5.74) is 1.37. The van der Waals surface area contributed by atoms with Crippen LogP contribution in [0.2, 0.25) is 0 Å². The SMILES string of the molecule is O=C(NCc1cc(Br)c2c(c1)OCCO2)c1ccc[nH]c1=S. The van der Waals surface area contributed by atoms with Gasteiger partial charge in [0.15, 0.2) is 11.5 Å². The number of aromatic amines is 1. The highest BCUT2D eigenvalue weighted by atomic mass is 79.9. The van der Waals surface area contributed by atoms with E-state index in [-0.39, 0.29) is 5.91 Å². The number of fused-ring (bicyclic) bond motifs is 1. The second kappa shape index (κ2) is 6.50. The summed E-state index contributed by atoms with van der Waals surface area (Å²) in [6.07, 6.45) is 1.69. The number of pyridine rings is 1. The quantitative estimate of drug-likeness (QED) is 0.802. The van der Waals surface area contributed by atoms with Gasteiger partial charge in [-0.05, 0) is 45.8 Å². The maximum Gasteiger partial charge on any atom is 0.254 e. The van der Waals surface area contributed by atoms with Crippen molar-refractivity contribution in [3.63, 3.8) is 0 Å². The molecule has 1 aliphatic heterocycles. The third-order valence-electron chi connectivity index (χ3n) is 3.17. The van der Waals surface area contributed by atoms with Crippen molar-refractivity contribution in [3.05, 3.63) is 50.7 Å². The summed E-state index contributed by atoms with van der Waals surface area (Å²) in [5.74, 6) is 1.17. The Morgan fingerprint density at radius 2 is 2.18 bits per heavy atom. The zero-order valence-electron chi connectivity index (χ0n) is 11.5. The summed E-state index contributed by atoms with van der Waals surface area (Å²) < 4.78 is 12.3. The van der Waals surface area contributed by atoms with E-state index in [0.717, 1.165) is 10.0 Å². The van der Waals surface area contributed by atoms with Crippen LogP contribution in [0.4, 0.5) is 0 Å². The number of carbonyl (C=O) groups excluding carboxylic acids is 1. The van der Waals surface area contributed by atoms with E-state index in [1.807, 2.05) is 12.1 Å². The van der Waals surface area contributed by atoms with Gasteiger partial charge in [-0.2, -0.15) is 0 Å². The van der Waals surface area contributed by atoms with Crippen molar-refractivity contribution >= 4 is 34.1 Å². The molecule has 3 rings (SSSR count). The van der Waals surface area contributed by atoms with Crippen molar-refractivity contribution in [1.29, 1.82) is 0 Å². The van der Waals surface area contributed by atoms with Gasteiger partial charge in [-0.1, -0.05) is 12.2 Å². The van der Waals surface area contributed by atoms with E-state index >= 15 is 0 Å². The van der Waals surface area contributed by atoms with E-state index in [1.54, 1.807) is 18.3 Å². The molecular weight excluding hydrogens is 368 g/mol. The average Bonchev–Trinajstić information content (AvgIpc) is 2.53. The molecule has 1 aromatic heterocycles. The molecule has 114 valence electrons. The molecule has 0 spiro atoms. The number of rotatable bonds is 3. The summed E-state index contributed by atoms with van der Waals surface area (Å²) in [4.78, 5) is 15.0. The number of H-pyrrole nitrogens is 1. The van der Waals surface area contributed by atoms with Crippen molar-refractivity contribution in [2.75, 3.05) is 13.2 Å². The van der Waals surface area contributed by atoms with E-state index in [4.69, 9.17) is 21.7 Å². The number of carbonyl (C=O) groups is 1. The molecule has 22 heavy (non-hydrogen) atoms. The van der Waals surface area contributed by atoms with Gasteiger partial charge in [0, 0.05) is 12.7 Å². The fraction of sp³-hybridized carbons (Fsp3) is 0.200. The van der Waals surface area contributed by atoms with Crippen LogP contribution in [0, 0.1) is 4.64 Å². The summed E-state index contributed by atoms with van der Waals surface area (Å²) in [6, 6.07) is 7.20. The Hall–Kier alpha value is -1.86. The zero-order chi connectivity index (χ0) is 15.5. The molecule has 1 aliphatic rings. The van der Waals surface area contributed by atoms with Crippen LogP contribution in [0.1, 0.15) is 15.9 Å². The number of amides is 1. The maximum absolute atomic E-state index is 12.1. The van der Waals surface area contributed by atoms with Crippen LogP contribution in [0.5, 0.6) is 11.5 Å². The number of aromatic nitrogens is 1. The second-order valence-electron chi connectivity index (χ2n) is 4.70. The molecule has 2 aromatic rings. The Morgan fingerprint density at radius 1 is 1.36 bits per heavy atom. The Kier molecular flexibility index (Phi) is 4.44. The number of ether oxygens (including phenoxy) is 2. The summed E-state index contributed by atoms with van der Waals surface area (Å²) in [7, 11) is 0. The molecule has 0 saturated carbocycles. The van der Waals surface area contributed by atoms with Crippen molar-refractivity contribution in [2.45, 2.75) is 6.54 Å². The summed E-state index contributed by atoms with van der Waals surface area (Å²) in [6.45, 7) is 1.43. The average molecular weight is 381 g/mol. The summed E-state index contributed by atoms with van der Waals surface area (Å²) >= 11 is 8.56. The van der Waals surface area contributed by atoms with Crippen LogP contribution in [-0.2, 0) is 6.54 Å². The maximum atomic E-state index is 12.1. The van der Waals surface area contributed by atoms with Crippen molar-refractivity contribution in [2.24, 2.45) is 0 Å². The molecule has 2 heterocycles. The molecule has 0 radical (unpaired) electrons. The molecule has 0 atom stereocenters. The molecule has 0 bridgehead atoms. The lowest BCUT2D eigenvalue weighted by Crippen LogP contribution is -2.23. The van der Waals surface area contributed by atoms with Crippen molar-refractivity contribution in [1.82, 2.24) is 10.3 Å². The number of benzene rings is 1. The van der Waals surface area contributed by atoms with Crippen LogP contribution in [0.15, 0.2) is 34.9 Å². The standard InChI is InChI=1S/C15H13BrN2O3S/c16-11-6-9(7-12-13(11)21-5-4-20-12)8-18-14(19)10-2-1-3-17-15(10)22/h1-3,6-7H,4-5,8H2,(H,17,22)(H,18,19). The molecule has 1 amide bonds. The Balaban J connectivity index is 1.74. The molecule has 5 nitrogen and oxygen atoms in total. The molecular formula is C15H13BrN2O3S. The smallest absolute Gasteiger partial charge is 0.254 e. The third kappa shape index (κ3) is 3.15. The van der Waals surface area contributed by atoms with Gasteiger partial charge in [0.25, 0.3) is 5.91 Å². The van der Waals surface area contributed by atoms with Crippen LogP contribution < -0.4 is 14.8 Å². The predicted molar refractivity (Wildman–Crippen MR) is 87.9 cm³/mol. The van der Waals surface area contributed by atoms with Crippen molar-refractivity contribution in [3.8, 4) is 11.5 Å². The van der Waals surface area contributed by atoms with E-state index in [2.05, 4.69) is 26.2 Å². The highest BCUT2D eigenvalue weighted by Crippen LogP contribution is 2.38. The molecule has 0 fully saturated rings. The van der Waals surface area contributed by atoms with Crippen LogP contribution in [0.25, 0.3) is 0 Å². The minimum atomic E-state index is -0.215. The zero-order valence-corrected chi connectivity index (χ0v) is 13.9. The van der Waals surface area contributed by atoms with Gasteiger partial charge in [-0.3, -0.25) is 4.79 Å². The highest BCUT2D eigenvalue weighted by molar-refractivity contribution is 9.10. The van der Waals surface area contributed by atoms with E-state index in [9.17, 15) is 4.79 Å². The fourth-order valence-electron chi connectivity index (χ4n) is 2.14. The number of hydrogen-bond donors (Lipinski definition) is 2. The number of hydrogen-bond acceptors (Lipinski definition) is 4. The number of nitrogens with one attached hydrogen (secondary N) is 2. The van der Waals surface area contributed by atoms with E-state index in [1.165, 1.54) is 0 Å². The van der Waals surface area contributed by atoms with Crippen LogP contribution in [-0.4, -0.2) is 24.1 Å². The topological polar surface area (TPSA) is 63.4 Å². The first-order valence-electron chi connectivity index (χ1n) is 6.69. The second-order valence-corrected chi connectivity index (χ2v) is 5.96. The van der Waals surface area contributed by atoms with Gasteiger partial charge in [-0.15, -0.1) is 0 Å². The Morgan fingerprint density at radius 3 is 3.00 bits per heavy atom. The van der Waals surface area contributed by atoms with Gasteiger partial charge in [0.1, 0.15) is 17.9 Å². The normalized spacial score (nSPS) is 12.8. The first-order chi connectivity index (χ1) is 10.6. The van der Waals surface area contributed by atoms with Gasteiger partial charge in [-0.25, -0.2) is 0 Å². The van der Waals surface area contributed by atoms with E-state index < -0.39 is 0 Å². The lowest BCUT2D eigenvalue weighted by atomic mass is 10.2. The first kappa shape index (κ1) is 15.1. The molecule has 7 heteroatoms.